The number of hydrogen-bond donors (Lipinski definition) is 2. The van der Waals surface area contributed by atoms with Gasteiger partial charge in [-0.25, -0.2) is 4.99 Å². The van der Waals surface area contributed by atoms with Crippen molar-refractivity contribution in [3.05, 3.63) is 53.5 Å². The molecular weight excluding hydrogens is 463 g/mol. The first-order chi connectivity index (χ1) is 13.1. The van der Waals surface area contributed by atoms with Crippen molar-refractivity contribution in [1.82, 2.24) is 25.0 Å². The number of benzene rings is 1. The highest BCUT2D eigenvalue weighted by Crippen LogP contribution is 2.15. The smallest absolute Gasteiger partial charge is 0.191 e. The van der Waals surface area contributed by atoms with Crippen molar-refractivity contribution in [3.8, 4) is 0 Å². The summed E-state index contributed by atoms with van der Waals surface area (Å²) in [6.45, 7) is 9.57. The second kappa shape index (κ2) is 10.5. The van der Waals surface area contributed by atoms with Gasteiger partial charge in [-0.1, -0.05) is 18.2 Å². The van der Waals surface area contributed by atoms with E-state index < -0.39 is 0 Å². The summed E-state index contributed by atoms with van der Waals surface area (Å²) in [5, 5.41) is 12.5. The monoisotopic (exact) mass is 494 g/mol. The number of halogens is 1. The van der Waals surface area contributed by atoms with E-state index in [4.69, 9.17) is 4.99 Å². The summed E-state index contributed by atoms with van der Waals surface area (Å²) in [7, 11) is 1.98. The van der Waals surface area contributed by atoms with E-state index in [1.807, 2.05) is 18.7 Å². The molecule has 7 heteroatoms. The largest absolute Gasteiger partial charge is 0.357 e. The van der Waals surface area contributed by atoms with Gasteiger partial charge >= 0.3 is 0 Å². The number of aromatic nitrogens is 3. The Morgan fingerprint density at radius 1 is 1.14 bits per heavy atom. The third kappa shape index (κ3) is 5.27. The van der Waals surface area contributed by atoms with E-state index in [-0.39, 0.29) is 24.0 Å². The Hall–Kier alpha value is -2.03. The Balaban J connectivity index is 0.00000280. The van der Waals surface area contributed by atoms with Gasteiger partial charge in [0, 0.05) is 49.7 Å². The van der Waals surface area contributed by atoms with E-state index >= 15 is 0 Å². The quantitative estimate of drug-likeness (QED) is 0.228. The van der Waals surface area contributed by atoms with E-state index in [9.17, 15) is 0 Å². The normalized spacial score (nSPS) is 11.5. The molecule has 0 atom stereocenters. The second-order valence-corrected chi connectivity index (χ2v) is 6.82. The average molecular weight is 494 g/mol. The van der Waals surface area contributed by atoms with Crippen molar-refractivity contribution in [2.45, 2.75) is 40.3 Å². The van der Waals surface area contributed by atoms with Gasteiger partial charge in [0.15, 0.2) is 5.96 Å². The molecule has 3 rings (SSSR count). The van der Waals surface area contributed by atoms with Crippen LogP contribution < -0.4 is 10.6 Å². The molecule has 0 saturated carbocycles. The lowest BCUT2D eigenvalue weighted by atomic mass is 10.2. The van der Waals surface area contributed by atoms with Crippen molar-refractivity contribution in [1.29, 1.82) is 0 Å². The molecule has 0 aliphatic heterocycles. The van der Waals surface area contributed by atoms with Crippen LogP contribution in [0.1, 0.15) is 30.3 Å². The van der Waals surface area contributed by atoms with E-state index in [0.29, 0.717) is 6.54 Å². The van der Waals surface area contributed by atoms with E-state index in [2.05, 4.69) is 70.7 Å². The summed E-state index contributed by atoms with van der Waals surface area (Å²) >= 11 is 0. The molecule has 0 saturated heterocycles. The molecule has 1 aromatic carbocycles. The zero-order valence-electron chi connectivity index (χ0n) is 17.2. The number of hydrogen-bond acceptors (Lipinski definition) is 2. The first kappa shape index (κ1) is 22.3. The predicted molar refractivity (Wildman–Crippen MR) is 127 cm³/mol. The summed E-state index contributed by atoms with van der Waals surface area (Å²) in [4.78, 5) is 4.74. The fourth-order valence-corrected chi connectivity index (χ4v) is 3.34. The average Bonchev–Trinajstić information content (AvgIpc) is 3.18. The van der Waals surface area contributed by atoms with Gasteiger partial charge in [-0.05, 0) is 44.7 Å². The topological polar surface area (TPSA) is 59.2 Å². The third-order valence-electron chi connectivity index (χ3n) is 4.95. The molecule has 6 nitrogen and oxygen atoms in total. The number of fused-ring (bicyclic) bond motifs is 1. The van der Waals surface area contributed by atoms with Gasteiger partial charge in [0.05, 0.1) is 12.2 Å². The van der Waals surface area contributed by atoms with Crippen LogP contribution >= 0.6 is 24.0 Å². The Bertz CT molecular complexity index is 924. The van der Waals surface area contributed by atoms with Gasteiger partial charge in [0.1, 0.15) is 0 Å². The van der Waals surface area contributed by atoms with Gasteiger partial charge in [0.25, 0.3) is 0 Å². The Morgan fingerprint density at radius 2 is 1.93 bits per heavy atom. The summed E-state index contributed by atoms with van der Waals surface area (Å²) in [6.07, 6.45) is 3.20. The van der Waals surface area contributed by atoms with Crippen molar-refractivity contribution in [3.63, 3.8) is 0 Å². The van der Waals surface area contributed by atoms with Crippen LogP contribution in [0.15, 0.2) is 41.5 Å². The number of nitrogens with one attached hydrogen (secondary N) is 2. The molecule has 0 bridgehead atoms. The number of rotatable bonds is 7. The fourth-order valence-electron chi connectivity index (χ4n) is 3.34. The van der Waals surface area contributed by atoms with Crippen LogP contribution in [-0.2, 0) is 20.1 Å². The van der Waals surface area contributed by atoms with Crippen molar-refractivity contribution in [2.24, 2.45) is 12.0 Å². The molecule has 152 valence electrons. The molecular formula is C21H31IN6. The van der Waals surface area contributed by atoms with Gasteiger partial charge in [-0.15, -0.1) is 24.0 Å². The number of aliphatic imine (C=N–C) groups is 1. The summed E-state index contributed by atoms with van der Waals surface area (Å²) < 4.78 is 4.23. The Morgan fingerprint density at radius 3 is 2.64 bits per heavy atom. The first-order valence-corrected chi connectivity index (χ1v) is 9.65. The summed E-state index contributed by atoms with van der Waals surface area (Å²) in [5.74, 6) is 0.859. The van der Waals surface area contributed by atoms with Crippen LogP contribution in [0, 0.1) is 13.8 Å². The van der Waals surface area contributed by atoms with Gasteiger partial charge in [0.2, 0.25) is 0 Å². The molecule has 2 aromatic heterocycles. The third-order valence-corrected chi connectivity index (χ3v) is 4.95. The van der Waals surface area contributed by atoms with Gasteiger partial charge < -0.3 is 15.2 Å². The van der Waals surface area contributed by atoms with Gasteiger partial charge in [-0.3, -0.25) is 4.68 Å². The van der Waals surface area contributed by atoms with E-state index in [0.717, 1.165) is 37.7 Å². The lowest BCUT2D eigenvalue weighted by Crippen LogP contribution is -2.38. The molecule has 2 heterocycles. The summed E-state index contributed by atoms with van der Waals surface area (Å²) in [5.41, 5.74) is 4.72. The van der Waals surface area contributed by atoms with Crippen LogP contribution in [0.4, 0.5) is 0 Å². The molecule has 3 aromatic rings. The van der Waals surface area contributed by atoms with Crippen molar-refractivity contribution < 1.29 is 0 Å². The van der Waals surface area contributed by atoms with Crippen LogP contribution in [0.3, 0.4) is 0 Å². The molecule has 0 amide bonds. The first-order valence-electron chi connectivity index (χ1n) is 9.65. The zero-order valence-corrected chi connectivity index (χ0v) is 19.5. The highest BCUT2D eigenvalue weighted by Gasteiger charge is 2.09. The number of nitrogens with zero attached hydrogens (tertiary/aromatic N) is 4. The summed E-state index contributed by atoms with van der Waals surface area (Å²) in [6, 6.07) is 10.7. The van der Waals surface area contributed by atoms with Gasteiger partial charge in [-0.2, -0.15) is 5.10 Å². The molecule has 0 aliphatic rings. The molecule has 0 unspecified atom stereocenters. The lowest BCUT2D eigenvalue weighted by molar-refractivity contribution is 0.641. The maximum atomic E-state index is 4.74. The van der Waals surface area contributed by atoms with Crippen molar-refractivity contribution >= 4 is 40.8 Å². The van der Waals surface area contributed by atoms with Crippen LogP contribution in [0.5, 0.6) is 0 Å². The van der Waals surface area contributed by atoms with Crippen molar-refractivity contribution in [2.75, 3.05) is 13.1 Å². The zero-order chi connectivity index (χ0) is 19.2. The van der Waals surface area contributed by atoms with E-state index in [1.165, 1.54) is 22.2 Å². The van der Waals surface area contributed by atoms with Crippen LogP contribution in [-0.4, -0.2) is 33.4 Å². The van der Waals surface area contributed by atoms with Crippen LogP contribution in [0.25, 0.3) is 10.9 Å². The number of guanidine groups is 1. The number of aryl methyl sites for hydroxylation is 3. The predicted octanol–water partition coefficient (Wildman–Crippen LogP) is 3.76. The molecule has 0 fully saturated rings. The van der Waals surface area contributed by atoms with Crippen LogP contribution in [0.2, 0.25) is 0 Å². The minimum Gasteiger partial charge on any atom is -0.357 e. The lowest BCUT2D eigenvalue weighted by Gasteiger charge is -2.12. The SMILES string of the molecule is CCNC(=NCc1c(C)nn(C)c1C)NCCCn1ccc2ccccc21.I. The highest BCUT2D eigenvalue weighted by molar-refractivity contribution is 14.0. The fraction of sp³-hybridized carbons (Fsp3) is 0.429. The Kier molecular flexibility index (Phi) is 8.35. The Labute approximate surface area is 184 Å². The van der Waals surface area contributed by atoms with E-state index in [1.54, 1.807) is 0 Å². The standard InChI is InChI=1S/C21H30N6.HI/c1-5-22-21(24-15-19-16(2)25-26(4)17(19)3)23-12-8-13-27-14-11-18-9-6-7-10-20(18)27;/h6-7,9-11,14H,5,8,12-13,15H2,1-4H3,(H2,22,23,24);1H. The minimum absolute atomic E-state index is 0. The highest BCUT2D eigenvalue weighted by atomic mass is 127. The minimum atomic E-state index is 0. The number of para-hydroxylation sites is 1. The maximum Gasteiger partial charge on any atom is 0.191 e. The molecule has 2 N–H and O–H groups in total. The molecule has 0 radical (unpaired) electrons. The second-order valence-electron chi connectivity index (χ2n) is 6.82. The molecule has 28 heavy (non-hydrogen) atoms. The molecule has 0 spiro atoms. The molecule has 0 aliphatic carbocycles. The maximum absolute atomic E-state index is 4.74.